The second-order valence-electron chi connectivity index (χ2n) is 7.99. The van der Waals surface area contributed by atoms with E-state index in [1.165, 1.54) is 30.9 Å². The van der Waals surface area contributed by atoms with Gasteiger partial charge in [0.15, 0.2) is 5.75 Å². The molecule has 1 amide bonds. The molecule has 0 saturated heterocycles. The molecule has 9 nitrogen and oxygen atoms in total. The van der Waals surface area contributed by atoms with E-state index < -0.39 is 10.8 Å². The molecule has 4 aromatic rings. The van der Waals surface area contributed by atoms with Gasteiger partial charge >= 0.3 is 5.69 Å². The summed E-state index contributed by atoms with van der Waals surface area (Å²) in [6.45, 7) is 6.12. The first-order chi connectivity index (χ1) is 15.8. The highest BCUT2D eigenvalue weighted by molar-refractivity contribution is 6.06. The summed E-state index contributed by atoms with van der Waals surface area (Å²) in [7, 11) is 1.34. The number of nitro groups is 1. The van der Waals surface area contributed by atoms with Gasteiger partial charge < -0.3 is 10.1 Å². The summed E-state index contributed by atoms with van der Waals surface area (Å²) in [5.41, 5.74) is 4.59. The van der Waals surface area contributed by atoms with Crippen LogP contribution in [-0.4, -0.2) is 32.9 Å². The third-order valence-corrected chi connectivity index (χ3v) is 5.40. The molecule has 1 aromatic heterocycles. The Kier molecular flexibility index (Phi) is 5.78. The number of methoxy groups -OCH3 is 1. The number of nitrogens with one attached hydrogen (secondary N) is 1. The predicted octanol–water partition coefficient (Wildman–Crippen LogP) is 5.02. The molecule has 0 radical (unpaired) electrons. The number of rotatable bonds is 6. The van der Waals surface area contributed by atoms with Crippen LogP contribution in [0.1, 0.15) is 41.3 Å². The van der Waals surface area contributed by atoms with Crippen LogP contribution in [0.15, 0.2) is 54.6 Å². The van der Waals surface area contributed by atoms with Gasteiger partial charge in [-0.05, 0) is 60.4 Å². The number of anilines is 1. The van der Waals surface area contributed by atoms with Crippen LogP contribution in [0.3, 0.4) is 0 Å². The molecule has 0 bridgehead atoms. The van der Waals surface area contributed by atoms with E-state index in [-0.39, 0.29) is 17.0 Å². The summed E-state index contributed by atoms with van der Waals surface area (Å²) in [4.78, 5) is 25.0. The lowest BCUT2D eigenvalue weighted by atomic mass is 10.0. The van der Waals surface area contributed by atoms with Gasteiger partial charge in [0.25, 0.3) is 5.91 Å². The monoisotopic (exact) mass is 445 g/mol. The van der Waals surface area contributed by atoms with Crippen molar-refractivity contribution in [1.29, 1.82) is 0 Å². The van der Waals surface area contributed by atoms with Gasteiger partial charge in [0.1, 0.15) is 11.0 Å². The molecule has 1 heterocycles. The molecule has 0 aliphatic heterocycles. The number of ether oxygens (including phenoxy) is 1. The molecule has 1 N–H and O–H groups in total. The number of nitro benzene ring substituents is 1. The molecule has 0 unspecified atom stereocenters. The lowest BCUT2D eigenvalue weighted by Gasteiger charge is -2.09. The van der Waals surface area contributed by atoms with Crippen LogP contribution in [0.25, 0.3) is 16.7 Å². The minimum Gasteiger partial charge on any atom is -0.490 e. The molecule has 0 saturated carbocycles. The minimum atomic E-state index is -0.584. The summed E-state index contributed by atoms with van der Waals surface area (Å²) in [6.07, 6.45) is 0. The van der Waals surface area contributed by atoms with Gasteiger partial charge in [0.05, 0.1) is 17.7 Å². The van der Waals surface area contributed by atoms with Crippen LogP contribution >= 0.6 is 0 Å². The Labute approximate surface area is 190 Å². The van der Waals surface area contributed by atoms with Crippen molar-refractivity contribution in [2.24, 2.45) is 0 Å². The summed E-state index contributed by atoms with van der Waals surface area (Å²) in [5.74, 6) is 0.0525. The van der Waals surface area contributed by atoms with Crippen molar-refractivity contribution in [3.8, 4) is 11.4 Å². The molecule has 9 heteroatoms. The van der Waals surface area contributed by atoms with Gasteiger partial charge in [-0.25, -0.2) is 0 Å². The molecule has 0 spiro atoms. The molecule has 0 aliphatic carbocycles. The fourth-order valence-corrected chi connectivity index (χ4v) is 3.48. The number of hydrogen-bond acceptors (Lipinski definition) is 6. The first kappa shape index (κ1) is 21.9. The van der Waals surface area contributed by atoms with Gasteiger partial charge in [-0.1, -0.05) is 26.0 Å². The summed E-state index contributed by atoms with van der Waals surface area (Å²) in [5, 5.41) is 23.2. The fourth-order valence-electron chi connectivity index (χ4n) is 3.48. The second-order valence-corrected chi connectivity index (χ2v) is 7.99. The first-order valence-corrected chi connectivity index (χ1v) is 10.4. The van der Waals surface area contributed by atoms with E-state index in [1.807, 2.05) is 25.1 Å². The number of amides is 1. The van der Waals surface area contributed by atoms with E-state index in [0.717, 1.165) is 11.3 Å². The third kappa shape index (κ3) is 4.38. The molecular weight excluding hydrogens is 422 g/mol. The number of hydrogen-bond donors (Lipinski definition) is 1. The van der Waals surface area contributed by atoms with Crippen LogP contribution in [-0.2, 0) is 0 Å². The molecular formula is C24H23N5O4. The summed E-state index contributed by atoms with van der Waals surface area (Å²) < 4.78 is 4.99. The average Bonchev–Trinajstić information content (AvgIpc) is 3.21. The zero-order chi connectivity index (χ0) is 23.7. The molecule has 33 heavy (non-hydrogen) atoms. The van der Waals surface area contributed by atoms with Crippen molar-refractivity contribution in [2.45, 2.75) is 26.7 Å². The quantitative estimate of drug-likeness (QED) is 0.329. The highest BCUT2D eigenvalue weighted by Gasteiger charge is 2.19. The van der Waals surface area contributed by atoms with Crippen LogP contribution < -0.4 is 10.1 Å². The fraction of sp³-hybridized carbons (Fsp3) is 0.208. The van der Waals surface area contributed by atoms with Gasteiger partial charge in [-0.3, -0.25) is 14.9 Å². The van der Waals surface area contributed by atoms with Crippen LogP contribution in [0.4, 0.5) is 11.4 Å². The van der Waals surface area contributed by atoms with Crippen LogP contribution in [0, 0.1) is 17.0 Å². The molecule has 3 aromatic carbocycles. The summed E-state index contributed by atoms with van der Waals surface area (Å²) >= 11 is 0. The predicted molar refractivity (Wildman–Crippen MR) is 125 cm³/mol. The average molecular weight is 445 g/mol. The largest absolute Gasteiger partial charge is 0.490 e. The smallest absolute Gasteiger partial charge is 0.311 e. The maximum Gasteiger partial charge on any atom is 0.311 e. The van der Waals surface area contributed by atoms with Crippen molar-refractivity contribution in [3.05, 3.63) is 81.4 Å². The lowest BCUT2D eigenvalue weighted by molar-refractivity contribution is -0.385. The van der Waals surface area contributed by atoms with E-state index in [4.69, 9.17) is 4.74 Å². The zero-order valence-electron chi connectivity index (χ0n) is 18.7. The lowest BCUT2D eigenvalue weighted by Crippen LogP contribution is -2.13. The van der Waals surface area contributed by atoms with Crippen LogP contribution in [0.5, 0.6) is 5.75 Å². The number of carbonyl (C=O) groups excluding carboxylic acids is 1. The molecule has 0 fully saturated rings. The Bertz CT molecular complexity index is 1360. The Balaban J connectivity index is 1.62. The molecule has 4 rings (SSSR count). The topological polar surface area (TPSA) is 112 Å². The number of nitrogens with zero attached hydrogens (tertiary/aromatic N) is 4. The van der Waals surface area contributed by atoms with Gasteiger partial charge in [0.2, 0.25) is 0 Å². The van der Waals surface area contributed by atoms with E-state index in [1.54, 1.807) is 10.9 Å². The Hall–Kier alpha value is -4.27. The maximum atomic E-state index is 12.8. The zero-order valence-corrected chi connectivity index (χ0v) is 18.7. The van der Waals surface area contributed by atoms with E-state index in [9.17, 15) is 14.9 Å². The number of carbonyl (C=O) groups is 1. The van der Waals surface area contributed by atoms with E-state index in [2.05, 4.69) is 41.5 Å². The van der Waals surface area contributed by atoms with Crippen molar-refractivity contribution < 1.29 is 14.5 Å². The maximum absolute atomic E-state index is 12.8. The van der Waals surface area contributed by atoms with Crippen molar-refractivity contribution in [3.63, 3.8) is 0 Å². The Morgan fingerprint density at radius 2 is 1.73 bits per heavy atom. The minimum absolute atomic E-state index is 0.0900. The number of aryl methyl sites for hydroxylation is 1. The third-order valence-electron chi connectivity index (χ3n) is 5.40. The number of benzene rings is 3. The number of fused-ring (bicyclic) bond motifs is 1. The Morgan fingerprint density at radius 1 is 1.06 bits per heavy atom. The van der Waals surface area contributed by atoms with E-state index >= 15 is 0 Å². The molecule has 0 atom stereocenters. The van der Waals surface area contributed by atoms with E-state index in [0.29, 0.717) is 22.6 Å². The Morgan fingerprint density at radius 3 is 2.33 bits per heavy atom. The highest BCUT2D eigenvalue weighted by Crippen LogP contribution is 2.29. The standard InChI is InChI=1S/C24H23N5O4/c1-14(2)16-5-8-18(9-6-16)28-26-20-11-15(3)19(13-21(20)27-28)25-24(30)17-7-10-23(33-4)22(12-17)29(31)32/h5-14H,1-4H3,(H,25,30). The van der Waals surface area contributed by atoms with Gasteiger partial charge in [-0.2, -0.15) is 4.80 Å². The second kappa shape index (κ2) is 8.70. The van der Waals surface area contributed by atoms with Gasteiger partial charge in [0, 0.05) is 17.3 Å². The van der Waals surface area contributed by atoms with Crippen molar-refractivity contribution in [2.75, 3.05) is 12.4 Å². The first-order valence-electron chi connectivity index (χ1n) is 10.4. The van der Waals surface area contributed by atoms with Crippen LogP contribution in [0.2, 0.25) is 0 Å². The normalized spacial score (nSPS) is 11.1. The molecule has 168 valence electrons. The SMILES string of the molecule is COc1ccc(C(=O)Nc2cc3nn(-c4ccc(C(C)C)cc4)nc3cc2C)cc1[N+](=O)[O-]. The van der Waals surface area contributed by atoms with Crippen molar-refractivity contribution >= 4 is 28.3 Å². The molecule has 0 aliphatic rings. The van der Waals surface area contributed by atoms with Gasteiger partial charge in [-0.15, -0.1) is 10.2 Å². The number of aromatic nitrogens is 3. The highest BCUT2D eigenvalue weighted by atomic mass is 16.6. The van der Waals surface area contributed by atoms with Crippen molar-refractivity contribution in [1.82, 2.24) is 15.0 Å². The summed E-state index contributed by atoms with van der Waals surface area (Å²) in [6, 6.07) is 15.7.